The summed E-state index contributed by atoms with van der Waals surface area (Å²) >= 11 is 1.72. The molecule has 1 aliphatic rings. The number of thioether (sulfide) groups is 1. The van der Waals surface area contributed by atoms with Gasteiger partial charge in [-0.3, -0.25) is 0 Å². The van der Waals surface area contributed by atoms with Gasteiger partial charge in [-0.25, -0.2) is 4.39 Å². The Kier molecular flexibility index (Phi) is 3.65. The van der Waals surface area contributed by atoms with Crippen molar-refractivity contribution in [3.63, 3.8) is 0 Å². The predicted octanol–water partition coefficient (Wildman–Crippen LogP) is 3.19. The lowest BCUT2D eigenvalue weighted by Crippen LogP contribution is -2.35. The second-order valence-electron chi connectivity index (χ2n) is 4.06. The van der Waals surface area contributed by atoms with E-state index in [-0.39, 0.29) is 11.9 Å². The van der Waals surface area contributed by atoms with E-state index in [4.69, 9.17) is 5.73 Å². The molecule has 2 unspecified atom stereocenters. The number of rotatable bonds is 2. The first-order chi connectivity index (χ1) is 7.25. The number of benzene rings is 1. The maximum absolute atomic E-state index is 13.0. The Labute approximate surface area is 94.2 Å². The van der Waals surface area contributed by atoms with Crippen molar-refractivity contribution in [2.75, 3.05) is 0 Å². The summed E-state index contributed by atoms with van der Waals surface area (Å²) in [7, 11) is 0. The van der Waals surface area contributed by atoms with Crippen LogP contribution in [0.3, 0.4) is 0 Å². The van der Waals surface area contributed by atoms with Crippen molar-refractivity contribution >= 4 is 11.8 Å². The van der Waals surface area contributed by atoms with Crippen LogP contribution in [0.25, 0.3) is 0 Å². The normalized spacial score (nSPS) is 26.5. The third-order valence-electron chi connectivity index (χ3n) is 2.84. The molecule has 0 heterocycles. The SMILES string of the molecule is NC1CCCCC1Sc1cccc(F)c1. The molecule has 2 rings (SSSR count). The summed E-state index contributed by atoms with van der Waals surface area (Å²) < 4.78 is 13.0. The molecule has 15 heavy (non-hydrogen) atoms. The van der Waals surface area contributed by atoms with Gasteiger partial charge in [0, 0.05) is 16.2 Å². The zero-order chi connectivity index (χ0) is 10.7. The quantitative estimate of drug-likeness (QED) is 0.836. The average molecular weight is 225 g/mol. The third-order valence-corrected chi connectivity index (χ3v) is 4.25. The van der Waals surface area contributed by atoms with E-state index < -0.39 is 0 Å². The molecule has 1 saturated carbocycles. The fourth-order valence-corrected chi connectivity index (χ4v) is 3.27. The van der Waals surface area contributed by atoms with Crippen LogP contribution in [0.15, 0.2) is 29.2 Å². The molecule has 1 nitrogen and oxygen atoms in total. The molecule has 0 amide bonds. The van der Waals surface area contributed by atoms with Gasteiger partial charge in [-0.2, -0.15) is 0 Å². The van der Waals surface area contributed by atoms with Crippen LogP contribution in [0.5, 0.6) is 0 Å². The van der Waals surface area contributed by atoms with E-state index in [2.05, 4.69) is 0 Å². The van der Waals surface area contributed by atoms with Gasteiger partial charge in [0.25, 0.3) is 0 Å². The van der Waals surface area contributed by atoms with Crippen LogP contribution in [0.4, 0.5) is 4.39 Å². The Hall–Kier alpha value is -0.540. The topological polar surface area (TPSA) is 26.0 Å². The summed E-state index contributed by atoms with van der Waals surface area (Å²) in [6.45, 7) is 0. The molecule has 0 radical (unpaired) electrons. The zero-order valence-corrected chi connectivity index (χ0v) is 9.47. The first-order valence-corrected chi connectivity index (χ1v) is 6.31. The first kappa shape index (κ1) is 11.0. The van der Waals surface area contributed by atoms with Crippen molar-refractivity contribution in [1.29, 1.82) is 0 Å². The fourth-order valence-electron chi connectivity index (χ4n) is 1.99. The zero-order valence-electron chi connectivity index (χ0n) is 8.66. The van der Waals surface area contributed by atoms with E-state index in [0.29, 0.717) is 5.25 Å². The minimum Gasteiger partial charge on any atom is -0.327 e. The predicted molar refractivity (Wildman–Crippen MR) is 62.5 cm³/mol. The van der Waals surface area contributed by atoms with Crippen molar-refractivity contribution in [2.24, 2.45) is 5.73 Å². The molecule has 0 bridgehead atoms. The summed E-state index contributed by atoms with van der Waals surface area (Å²) in [6.07, 6.45) is 4.75. The number of halogens is 1. The molecule has 82 valence electrons. The van der Waals surface area contributed by atoms with Gasteiger partial charge in [-0.1, -0.05) is 18.9 Å². The average Bonchev–Trinajstić information content (AvgIpc) is 2.22. The van der Waals surface area contributed by atoms with Crippen LogP contribution in [-0.2, 0) is 0 Å². The van der Waals surface area contributed by atoms with Gasteiger partial charge in [0.05, 0.1) is 0 Å². The van der Waals surface area contributed by atoms with Gasteiger partial charge in [0.1, 0.15) is 5.82 Å². The van der Waals surface area contributed by atoms with Gasteiger partial charge in [0.15, 0.2) is 0 Å². The van der Waals surface area contributed by atoms with Crippen LogP contribution in [-0.4, -0.2) is 11.3 Å². The van der Waals surface area contributed by atoms with E-state index >= 15 is 0 Å². The molecule has 2 N–H and O–H groups in total. The van der Waals surface area contributed by atoms with Crippen LogP contribution >= 0.6 is 11.8 Å². The number of hydrogen-bond donors (Lipinski definition) is 1. The van der Waals surface area contributed by atoms with E-state index in [1.807, 2.05) is 6.07 Å². The fraction of sp³-hybridized carbons (Fsp3) is 0.500. The van der Waals surface area contributed by atoms with Crippen LogP contribution in [0, 0.1) is 5.82 Å². The maximum atomic E-state index is 13.0. The molecule has 1 aromatic rings. The van der Waals surface area contributed by atoms with E-state index in [0.717, 1.165) is 17.7 Å². The maximum Gasteiger partial charge on any atom is 0.124 e. The minimum atomic E-state index is -0.163. The molecule has 0 aromatic heterocycles. The van der Waals surface area contributed by atoms with Gasteiger partial charge in [0.2, 0.25) is 0 Å². The Morgan fingerprint density at radius 3 is 2.80 bits per heavy atom. The summed E-state index contributed by atoms with van der Waals surface area (Å²) in [5.74, 6) is -0.163. The molecule has 0 saturated heterocycles. The Morgan fingerprint density at radius 1 is 1.27 bits per heavy atom. The van der Waals surface area contributed by atoms with Gasteiger partial charge < -0.3 is 5.73 Å². The van der Waals surface area contributed by atoms with Crippen molar-refractivity contribution in [3.05, 3.63) is 30.1 Å². The highest BCUT2D eigenvalue weighted by atomic mass is 32.2. The van der Waals surface area contributed by atoms with Crippen molar-refractivity contribution in [2.45, 2.75) is 41.9 Å². The van der Waals surface area contributed by atoms with Crippen molar-refractivity contribution in [3.8, 4) is 0 Å². The van der Waals surface area contributed by atoms with Crippen LogP contribution in [0.1, 0.15) is 25.7 Å². The standard InChI is InChI=1S/C12H16FNS/c13-9-4-3-5-10(8-9)15-12-7-2-1-6-11(12)14/h3-5,8,11-12H,1-2,6-7,14H2. The highest BCUT2D eigenvalue weighted by Gasteiger charge is 2.22. The summed E-state index contributed by atoms with van der Waals surface area (Å²) in [6, 6.07) is 7.05. The monoisotopic (exact) mass is 225 g/mol. The lowest BCUT2D eigenvalue weighted by Gasteiger charge is -2.27. The molecule has 1 fully saturated rings. The lowest BCUT2D eigenvalue weighted by molar-refractivity contribution is 0.453. The van der Waals surface area contributed by atoms with Gasteiger partial charge in [-0.05, 0) is 31.0 Å². The second kappa shape index (κ2) is 4.99. The molecule has 1 aromatic carbocycles. The highest BCUT2D eigenvalue weighted by Crippen LogP contribution is 2.33. The van der Waals surface area contributed by atoms with Crippen molar-refractivity contribution in [1.82, 2.24) is 0 Å². The van der Waals surface area contributed by atoms with Crippen LogP contribution in [0.2, 0.25) is 0 Å². The largest absolute Gasteiger partial charge is 0.327 e. The van der Waals surface area contributed by atoms with E-state index in [1.54, 1.807) is 23.9 Å². The summed E-state index contributed by atoms with van der Waals surface area (Å²) in [5, 5.41) is 0.459. The molecule has 0 aliphatic heterocycles. The van der Waals surface area contributed by atoms with Crippen LogP contribution < -0.4 is 5.73 Å². The lowest BCUT2D eigenvalue weighted by atomic mass is 9.96. The van der Waals surface area contributed by atoms with E-state index in [9.17, 15) is 4.39 Å². The molecule has 1 aliphatic carbocycles. The second-order valence-corrected chi connectivity index (χ2v) is 5.37. The molecule has 2 atom stereocenters. The summed E-state index contributed by atoms with van der Waals surface area (Å²) in [4.78, 5) is 0.998. The number of nitrogens with two attached hydrogens (primary N) is 1. The molecular formula is C12H16FNS. The number of hydrogen-bond acceptors (Lipinski definition) is 2. The minimum absolute atomic E-state index is 0.163. The first-order valence-electron chi connectivity index (χ1n) is 5.43. The van der Waals surface area contributed by atoms with Gasteiger partial charge >= 0.3 is 0 Å². The van der Waals surface area contributed by atoms with Gasteiger partial charge in [-0.15, -0.1) is 11.8 Å². The third kappa shape index (κ3) is 2.95. The highest BCUT2D eigenvalue weighted by molar-refractivity contribution is 8.00. The van der Waals surface area contributed by atoms with Crippen molar-refractivity contribution < 1.29 is 4.39 Å². The molecule has 0 spiro atoms. The molecular weight excluding hydrogens is 209 g/mol. The Bertz CT molecular complexity index is 329. The molecule has 3 heteroatoms. The Balaban J connectivity index is 2.01. The van der Waals surface area contributed by atoms with E-state index in [1.165, 1.54) is 18.9 Å². The Morgan fingerprint density at radius 2 is 2.07 bits per heavy atom. The smallest absolute Gasteiger partial charge is 0.124 e. The summed E-state index contributed by atoms with van der Waals surface area (Å²) in [5.41, 5.74) is 6.05.